The minimum Gasteiger partial charge on any atom is -0.470 e. The minimum atomic E-state index is -0.871. The van der Waals surface area contributed by atoms with Crippen LogP contribution >= 0.6 is 0 Å². The molecule has 0 spiro atoms. The van der Waals surface area contributed by atoms with Crippen molar-refractivity contribution in [2.24, 2.45) is 5.73 Å². The highest BCUT2D eigenvalue weighted by Crippen LogP contribution is 2.39. The molecule has 1 saturated heterocycles. The lowest BCUT2D eigenvalue weighted by molar-refractivity contribution is -0.127. The molecule has 172 valence electrons. The van der Waals surface area contributed by atoms with E-state index >= 15 is 0 Å². The minimum absolute atomic E-state index is 0.150. The molecular weight excluding hydrogens is 404 g/mol. The van der Waals surface area contributed by atoms with Gasteiger partial charge in [0.05, 0.1) is 5.69 Å². The number of nitrogens with zero attached hydrogens (tertiary/aromatic N) is 1. The predicted octanol–water partition coefficient (Wildman–Crippen LogP) is 4.51. The third kappa shape index (κ3) is 4.83. The van der Waals surface area contributed by atoms with E-state index in [0.29, 0.717) is 24.1 Å². The van der Waals surface area contributed by atoms with Crippen molar-refractivity contribution in [2.45, 2.75) is 76.5 Å². The number of para-hydroxylation sites is 2. The summed E-state index contributed by atoms with van der Waals surface area (Å²) in [5, 5.41) is 11.3. The third-order valence-corrected chi connectivity index (χ3v) is 6.61. The number of furan rings is 1. The number of piperidine rings is 1. The van der Waals surface area contributed by atoms with Crippen LogP contribution in [-0.2, 0) is 4.79 Å². The average Bonchev–Trinajstić information content (AvgIpc) is 3.25. The van der Waals surface area contributed by atoms with Crippen LogP contribution in [0.1, 0.15) is 76.4 Å². The monoisotopic (exact) mass is 438 g/mol. The van der Waals surface area contributed by atoms with Gasteiger partial charge in [-0.3, -0.25) is 10.2 Å². The number of amidine groups is 1. The van der Waals surface area contributed by atoms with Crippen LogP contribution in [0.2, 0.25) is 0 Å². The molecule has 3 atom stereocenters. The second-order valence-corrected chi connectivity index (χ2v) is 9.38. The summed E-state index contributed by atoms with van der Waals surface area (Å²) in [6, 6.07) is 11.4. The van der Waals surface area contributed by atoms with Gasteiger partial charge in [-0.1, -0.05) is 31.4 Å². The van der Waals surface area contributed by atoms with Gasteiger partial charge in [-0.25, -0.2) is 0 Å². The van der Waals surface area contributed by atoms with E-state index in [4.69, 9.17) is 20.3 Å². The molecule has 0 radical (unpaired) electrons. The van der Waals surface area contributed by atoms with Crippen molar-refractivity contribution in [2.75, 3.05) is 11.4 Å². The molecule has 2 aromatic rings. The number of hydrogen-bond donors (Lipinski definition) is 3. The van der Waals surface area contributed by atoms with Gasteiger partial charge in [-0.2, -0.15) is 0 Å². The van der Waals surface area contributed by atoms with Crippen molar-refractivity contribution in [3.8, 4) is 5.75 Å². The molecule has 1 amide bonds. The number of ether oxygens (including phenoxy) is 1. The van der Waals surface area contributed by atoms with E-state index in [2.05, 4.69) is 19.2 Å². The quantitative estimate of drug-likeness (QED) is 0.319. The van der Waals surface area contributed by atoms with Gasteiger partial charge in [-0.05, 0) is 63.8 Å². The van der Waals surface area contributed by atoms with Crippen molar-refractivity contribution in [1.29, 1.82) is 5.41 Å². The fourth-order valence-electron chi connectivity index (χ4n) is 4.96. The summed E-state index contributed by atoms with van der Waals surface area (Å²) >= 11 is 0. The van der Waals surface area contributed by atoms with Crippen molar-refractivity contribution in [3.63, 3.8) is 0 Å². The van der Waals surface area contributed by atoms with Crippen LogP contribution in [0.5, 0.6) is 5.75 Å². The Morgan fingerprint density at radius 3 is 2.81 bits per heavy atom. The molecule has 0 aliphatic carbocycles. The number of amides is 1. The van der Waals surface area contributed by atoms with Crippen LogP contribution < -0.4 is 20.7 Å². The molecule has 7 heteroatoms. The Hall–Kier alpha value is -2.80. The number of unbranched alkanes of at least 4 members (excludes halogenated alkanes) is 2. The van der Waals surface area contributed by atoms with Crippen molar-refractivity contribution < 1.29 is 13.9 Å². The van der Waals surface area contributed by atoms with Crippen LogP contribution in [0.15, 0.2) is 40.8 Å². The summed E-state index contributed by atoms with van der Waals surface area (Å²) in [4.78, 5) is 15.1. The highest BCUT2D eigenvalue weighted by molar-refractivity contribution is 6.00. The van der Waals surface area contributed by atoms with E-state index in [9.17, 15) is 4.79 Å². The second kappa shape index (κ2) is 9.36. The number of carbonyl (C=O) groups excluding carboxylic acids is 1. The molecule has 1 fully saturated rings. The Kier molecular flexibility index (Phi) is 6.55. The number of anilines is 1. The number of carbonyl (C=O) groups is 1. The Bertz CT molecular complexity index is 972. The van der Waals surface area contributed by atoms with Gasteiger partial charge in [-0.15, -0.1) is 0 Å². The third-order valence-electron chi connectivity index (χ3n) is 6.61. The average molecular weight is 439 g/mol. The fourth-order valence-corrected chi connectivity index (χ4v) is 4.96. The second-order valence-electron chi connectivity index (χ2n) is 9.38. The zero-order valence-corrected chi connectivity index (χ0v) is 19.0. The Labute approximate surface area is 189 Å². The number of hydrogen-bond acceptors (Lipinski definition) is 5. The first-order chi connectivity index (χ1) is 15.4. The van der Waals surface area contributed by atoms with Gasteiger partial charge in [0, 0.05) is 18.1 Å². The largest absolute Gasteiger partial charge is 0.470 e. The molecule has 32 heavy (non-hydrogen) atoms. The van der Waals surface area contributed by atoms with Crippen LogP contribution in [0, 0.1) is 5.41 Å². The first-order valence-electron chi connectivity index (χ1n) is 11.7. The molecule has 2 aliphatic rings. The number of nitrogens with two attached hydrogens (primary N) is 1. The lowest BCUT2D eigenvalue weighted by atomic mass is 9.84. The lowest BCUT2D eigenvalue weighted by Crippen LogP contribution is -2.50. The molecule has 1 aromatic carbocycles. The van der Waals surface area contributed by atoms with E-state index in [1.807, 2.05) is 29.2 Å². The summed E-state index contributed by atoms with van der Waals surface area (Å²) in [5.41, 5.74) is 6.54. The normalized spacial score (nSPS) is 25.3. The molecule has 4 rings (SSSR count). The molecular formula is C25H34N4O3. The van der Waals surface area contributed by atoms with E-state index in [0.717, 1.165) is 31.4 Å². The zero-order chi connectivity index (χ0) is 22.7. The number of benzene rings is 1. The molecule has 1 aromatic heterocycles. The Balaban J connectivity index is 1.39. The maximum atomic E-state index is 13.3. The highest BCUT2D eigenvalue weighted by Gasteiger charge is 2.37. The van der Waals surface area contributed by atoms with Gasteiger partial charge in [0.25, 0.3) is 5.91 Å². The number of nitrogen functional groups attached to an aromatic ring is 1. The van der Waals surface area contributed by atoms with Gasteiger partial charge >= 0.3 is 0 Å². The van der Waals surface area contributed by atoms with Gasteiger partial charge in [0.2, 0.25) is 6.10 Å². The summed E-state index contributed by atoms with van der Waals surface area (Å²) in [6.07, 6.45) is 7.22. The smallest absolute Gasteiger partial charge is 0.276 e. The number of rotatable bonds is 8. The summed E-state index contributed by atoms with van der Waals surface area (Å²) < 4.78 is 11.6. The maximum absolute atomic E-state index is 13.3. The van der Waals surface area contributed by atoms with E-state index < -0.39 is 6.10 Å². The van der Waals surface area contributed by atoms with Crippen molar-refractivity contribution >= 4 is 17.4 Å². The zero-order valence-electron chi connectivity index (χ0n) is 19.0. The molecule has 1 unspecified atom stereocenters. The van der Waals surface area contributed by atoms with E-state index in [-0.39, 0.29) is 23.0 Å². The van der Waals surface area contributed by atoms with Crippen LogP contribution in [0.3, 0.4) is 0 Å². The lowest BCUT2D eigenvalue weighted by Gasteiger charge is -2.39. The molecule has 7 nitrogen and oxygen atoms in total. The highest BCUT2D eigenvalue weighted by atomic mass is 16.5. The van der Waals surface area contributed by atoms with Crippen LogP contribution in [0.25, 0.3) is 0 Å². The molecule has 0 saturated carbocycles. The molecule has 4 N–H and O–H groups in total. The molecule has 0 bridgehead atoms. The summed E-state index contributed by atoms with van der Waals surface area (Å²) in [5.74, 6) is 0.937. The van der Waals surface area contributed by atoms with E-state index in [1.54, 1.807) is 12.1 Å². The first kappa shape index (κ1) is 22.4. The fraction of sp³-hybridized carbons (Fsp3) is 0.520. The Morgan fingerprint density at radius 1 is 1.25 bits per heavy atom. The number of fused-ring (bicyclic) bond motifs is 1. The summed E-state index contributed by atoms with van der Waals surface area (Å²) in [7, 11) is 0. The Morgan fingerprint density at radius 2 is 2.06 bits per heavy atom. The molecule has 2 aliphatic heterocycles. The standard InChI is InChI=1S/C25H34N4O3/c1-17-9-8-15-25(2,28-17)14-6-3-7-16-29-18-10-4-5-11-19(18)32-22(24(29)30)20-12-13-21(31-20)23(26)27/h4-5,10-13,17,22,28H,3,6-9,14-16H2,1-2H3,(H3,26,27)/t17-,22?,25+/m0/s1. The predicted molar refractivity (Wildman–Crippen MR) is 125 cm³/mol. The van der Waals surface area contributed by atoms with Crippen molar-refractivity contribution in [1.82, 2.24) is 5.32 Å². The molecule has 3 heterocycles. The topological polar surface area (TPSA) is 105 Å². The number of nitrogens with one attached hydrogen (secondary N) is 2. The van der Waals surface area contributed by atoms with E-state index in [1.165, 1.54) is 19.3 Å². The van der Waals surface area contributed by atoms with Gasteiger partial charge in [0.1, 0.15) is 5.75 Å². The van der Waals surface area contributed by atoms with Crippen LogP contribution in [-0.4, -0.2) is 29.9 Å². The van der Waals surface area contributed by atoms with Gasteiger partial charge < -0.3 is 25.1 Å². The first-order valence-corrected chi connectivity index (χ1v) is 11.7. The SMILES string of the molecule is C[C@H]1CCC[C@@](C)(CCCCCN2C(=O)C(c3ccc(C(=N)N)o3)Oc3ccccc32)N1. The maximum Gasteiger partial charge on any atom is 0.276 e. The van der Waals surface area contributed by atoms with Gasteiger partial charge in [0.15, 0.2) is 17.4 Å². The summed E-state index contributed by atoms with van der Waals surface area (Å²) in [6.45, 7) is 5.25. The van der Waals surface area contributed by atoms with Crippen molar-refractivity contribution in [3.05, 3.63) is 47.9 Å². The van der Waals surface area contributed by atoms with Crippen LogP contribution in [0.4, 0.5) is 5.69 Å².